The van der Waals surface area contributed by atoms with E-state index in [1.807, 2.05) is 6.92 Å². The van der Waals surface area contributed by atoms with Crippen LogP contribution in [0.25, 0.3) is 0 Å². The highest BCUT2D eigenvalue weighted by molar-refractivity contribution is 6.00. The first kappa shape index (κ1) is 25.0. The Hall–Kier alpha value is -2.28. The fraction of sp³-hybridized carbons (Fsp3) is 0.700. The molecule has 1 aromatic carbocycles. The molecule has 1 saturated heterocycles. The molecule has 0 aromatic heterocycles. The van der Waals surface area contributed by atoms with Crippen LogP contribution in [0.5, 0.6) is 0 Å². The Balaban J connectivity index is 1.41. The number of hydrogen-bond acceptors (Lipinski definition) is 6. The summed E-state index contributed by atoms with van der Waals surface area (Å²) < 4.78 is 14.8. The largest absolute Gasteiger partial charge is 0.399 e. The standard InChI is InChI=1S/C30H40FN3O3/c1-29-13-10-24(34-37-19-11-14-32-17-19)26(18-7-5-4-6-8-18)27(29)25(33-36-3)15-20-21(29)9-12-30(2)22(20)16-23(31)28(30)35/h4-8,19-23,26-27,32H,9-17H2,1-3H3. The molecule has 1 N–H and O–H groups in total. The number of Topliss-reactive ketones (excluding diaryl/α,β-unsaturated/α-hetero) is 1. The minimum absolute atomic E-state index is 0.0481. The Bertz CT molecular complexity index is 1090. The summed E-state index contributed by atoms with van der Waals surface area (Å²) in [6.45, 7) is 6.24. The van der Waals surface area contributed by atoms with E-state index in [1.165, 1.54) is 5.56 Å². The zero-order chi connectivity index (χ0) is 25.8. The van der Waals surface area contributed by atoms with Crippen LogP contribution >= 0.6 is 0 Å². The highest BCUT2D eigenvalue weighted by Crippen LogP contribution is 2.66. The summed E-state index contributed by atoms with van der Waals surface area (Å²) in [4.78, 5) is 24.4. The Morgan fingerprint density at radius 2 is 1.86 bits per heavy atom. The molecule has 6 nitrogen and oxygen atoms in total. The summed E-state index contributed by atoms with van der Waals surface area (Å²) >= 11 is 0. The van der Waals surface area contributed by atoms with Gasteiger partial charge in [0.1, 0.15) is 13.2 Å². The fourth-order valence-electron chi connectivity index (χ4n) is 9.00. The maximum absolute atomic E-state index is 14.8. The Labute approximate surface area is 219 Å². The van der Waals surface area contributed by atoms with E-state index in [0.717, 1.165) is 63.0 Å². The van der Waals surface area contributed by atoms with Gasteiger partial charge in [-0.25, -0.2) is 4.39 Å². The van der Waals surface area contributed by atoms with E-state index in [4.69, 9.17) is 14.8 Å². The third kappa shape index (κ3) is 3.95. The number of oxime groups is 2. The van der Waals surface area contributed by atoms with E-state index in [-0.39, 0.29) is 41.0 Å². The lowest BCUT2D eigenvalue weighted by Crippen LogP contribution is -2.58. The number of carbonyl (C=O) groups is 1. The third-order valence-electron chi connectivity index (χ3n) is 10.8. The van der Waals surface area contributed by atoms with Crippen molar-refractivity contribution in [3.05, 3.63) is 35.9 Å². The summed E-state index contributed by atoms with van der Waals surface area (Å²) in [5, 5.41) is 12.8. The number of halogens is 1. The Morgan fingerprint density at radius 3 is 2.59 bits per heavy atom. The molecular weight excluding hydrogens is 469 g/mol. The fourth-order valence-corrected chi connectivity index (χ4v) is 9.00. The normalized spacial score (nSPS) is 45.4. The molecule has 37 heavy (non-hydrogen) atoms. The summed E-state index contributed by atoms with van der Waals surface area (Å²) in [5.74, 6) is 0.726. The van der Waals surface area contributed by atoms with Gasteiger partial charge in [-0.15, -0.1) is 0 Å². The molecule has 7 heteroatoms. The van der Waals surface area contributed by atoms with Crippen LogP contribution in [0.15, 0.2) is 40.6 Å². The van der Waals surface area contributed by atoms with Crippen molar-refractivity contribution in [1.82, 2.24) is 5.32 Å². The van der Waals surface area contributed by atoms with Crippen molar-refractivity contribution in [1.29, 1.82) is 0 Å². The first-order valence-electron chi connectivity index (χ1n) is 14.1. The summed E-state index contributed by atoms with van der Waals surface area (Å²) in [5.41, 5.74) is 2.75. The number of ketones is 1. The highest BCUT2D eigenvalue weighted by atomic mass is 19.1. The van der Waals surface area contributed by atoms with E-state index >= 15 is 0 Å². The molecule has 4 aliphatic carbocycles. The van der Waals surface area contributed by atoms with Gasteiger partial charge in [-0.2, -0.15) is 0 Å². The van der Waals surface area contributed by atoms with Gasteiger partial charge in [0, 0.05) is 30.2 Å². The van der Waals surface area contributed by atoms with Crippen molar-refractivity contribution in [2.75, 3.05) is 20.2 Å². The molecule has 0 amide bonds. The second kappa shape index (κ2) is 9.48. The topological polar surface area (TPSA) is 72.3 Å². The summed E-state index contributed by atoms with van der Waals surface area (Å²) in [7, 11) is 1.61. The first-order chi connectivity index (χ1) is 17.9. The van der Waals surface area contributed by atoms with Crippen LogP contribution in [0.2, 0.25) is 0 Å². The maximum atomic E-state index is 14.8. The molecular formula is C30H40FN3O3. The summed E-state index contributed by atoms with van der Waals surface area (Å²) in [6.07, 6.45) is 4.46. The number of fused-ring (bicyclic) bond motifs is 5. The number of carbonyl (C=O) groups excluding carboxylic acids is 1. The lowest BCUT2D eigenvalue weighted by Gasteiger charge is -2.61. The average molecular weight is 510 g/mol. The van der Waals surface area contributed by atoms with Crippen LogP contribution in [0.1, 0.15) is 70.3 Å². The molecule has 9 unspecified atom stereocenters. The quantitative estimate of drug-likeness (QED) is 0.560. The van der Waals surface area contributed by atoms with Gasteiger partial charge in [-0.1, -0.05) is 54.5 Å². The van der Waals surface area contributed by atoms with E-state index in [9.17, 15) is 9.18 Å². The van der Waals surface area contributed by atoms with Crippen LogP contribution in [0.4, 0.5) is 4.39 Å². The summed E-state index contributed by atoms with van der Waals surface area (Å²) in [6, 6.07) is 10.6. The van der Waals surface area contributed by atoms with Crippen LogP contribution in [0, 0.1) is 34.5 Å². The van der Waals surface area contributed by atoms with Crippen molar-refractivity contribution < 1.29 is 18.9 Å². The first-order valence-corrected chi connectivity index (χ1v) is 14.1. The number of nitrogens with zero attached hydrogens (tertiary/aromatic N) is 2. The van der Waals surface area contributed by atoms with Crippen molar-refractivity contribution in [3.8, 4) is 0 Å². The number of nitrogens with one attached hydrogen (secondary N) is 1. The predicted molar refractivity (Wildman–Crippen MR) is 141 cm³/mol. The number of benzene rings is 1. The SMILES string of the molecule is CON=C1CC2C3CC(F)C(=O)C3(C)CCC2C2(C)CCC(=NOC3CCNC3)C(c3ccccc3)C12. The van der Waals surface area contributed by atoms with E-state index in [1.54, 1.807) is 7.11 Å². The molecule has 0 radical (unpaired) electrons. The minimum Gasteiger partial charge on any atom is -0.399 e. The van der Waals surface area contributed by atoms with Crippen LogP contribution < -0.4 is 5.32 Å². The molecule has 1 aromatic rings. The molecule has 1 aliphatic heterocycles. The highest BCUT2D eigenvalue weighted by Gasteiger charge is 2.65. The van der Waals surface area contributed by atoms with Crippen molar-refractivity contribution >= 4 is 17.2 Å². The van der Waals surface area contributed by atoms with Gasteiger partial charge in [-0.05, 0) is 73.8 Å². The lowest BCUT2D eigenvalue weighted by atomic mass is 9.43. The molecule has 5 aliphatic rings. The van der Waals surface area contributed by atoms with Crippen molar-refractivity contribution in [3.63, 3.8) is 0 Å². The molecule has 200 valence electrons. The van der Waals surface area contributed by atoms with Crippen LogP contribution in [0.3, 0.4) is 0 Å². The Kier molecular flexibility index (Phi) is 6.41. The lowest BCUT2D eigenvalue weighted by molar-refractivity contribution is -0.136. The number of rotatable bonds is 4. The smallest absolute Gasteiger partial charge is 0.173 e. The van der Waals surface area contributed by atoms with Gasteiger partial charge >= 0.3 is 0 Å². The van der Waals surface area contributed by atoms with Gasteiger partial charge in [0.05, 0.1) is 11.4 Å². The molecule has 6 rings (SSSR count). The van der Waals surface area contributed by atoms with Gasteiger partial charge in [0.2, 0.25) is 0 Å². The Morgan fingerprint density at radius 1 is 1.05 bits per heavy atom. The zero-order valence-electron chi connectivity index (χ0n) is 22.3. The van der Waals surface area contributed by atoms with Gasteiger partial charge in [-0.3, -0.25) is 4.79 Å². The third-order valence-corrected chi connectivity index (χ3v) is 10.8. The minimum atomic E-state index is -1.33. The second-order valence-electron chi connectivity index (χ2n) is 12.5. The maximum Gasteiger partial charge on any atom is 0.173 e. The van der Waals surface area contributed by atoms with Crippen LogP contribution in [-0.4, -0.2) is 49.7 Å². The van der Waals surface area contributed by atoms with E-state index in [2.05, 4.69) is 47.7 Å². The molecule has 5 fully saturated rings. The van der Waals surface area contributed by atoms with Gasteiger partial charge in [0.25, 0.3) is 0 Å². The molecule has 0 bridgehead atoms. The number of hydrogen-bond donors (Lipinski definition) is 1. The molecule has 9 atom stereocenters. The van der Waals surface area contributed by atoms with Crippen molar-refractivity contribution in [2.24, 2.45) is 44.8 Å². The average Bonchev–Trinajstić information content (AvgIpc) is 3.50. The number of alkyl halides is 1. The second-order valence-corrected chi connectivity index (χ2v) is 12.5. The van der Waals surface area contributed by atoms with E-state index in [0.29, 0.717) is 12.3 Å². The predicted octanol–water partition coefficient (Wildman–Crippen LogP) is 5.29. The van der Waals surface area contributed by atoms with Gasteiger partial charge < -0.3 is 15.0 Å². The van der Waals surface area contributed by atoms with Crippen LogP contribution in [-0.2, 0) is 14.5 Å². The van der Waals surface area contributed by atoms with Crippen molar-refractivity contribution in [2.45, 2.75) is 77.0 Å². The van der Waals surface area contributed by atoms with Gasteiger partial charge in [0.15, 0.2) is 12.0 Å². The molecule has 4 saturated carbocycles. The molecule has 0 spiro atoms. The molecule has 1 heterocycles. The monoisotopic (exact) mass is 509 g/mol. The zero-order valence-corrected chi connectivity index (χ0v) is 22.3. The van der Waals surface area contributed by atoms with E-state index < -0.39 is 11.6 Å².